The van der Waals surface area contributed by atoms with E-state index in [0.29, 0.717) is 5.69 Å². The normalized spacial score (nSPS) is 10.9. The summed E-state index contributed by atoms with van der Waals surface area (Å²) in [6.45, 7) is 7.02. The molecule has 0 fully saturated rings. The van der Waals surface area contributed by atoms with E-state index >= 15 is 0 Å². The number of carboxylic acids is 1. The van der Waals surface area contributed by atoms with Gasteiger partial charge in [-0.2, -0.15) is 0 Å². The third kappa shape index (κ3) is 4.45. The molecule has 1 aromatic carbocycles. The number of benzene rings is 1. The van der Waals surface area contributed by atoms with Crippen molar-refractivity contribution in [2.45, 2.75) is 33.3 Å². The highest BCUT2D eigenvalue weighted by atomic mass is 16.6. The van der Waals surface area contributed by atoms with Gasteiger partial charge in [0, 0.05) is 5.69 Å². The van der Waals surface area contributed by atoms with Crippen LogP contribution in [0.3, 0.4) is 0 Å². The fourth-order valence-electron chi connectivity index (χ4n) is 1.40. The molecule has 1 aromatic rings. The average Bonchev–Trinajstić information content (AvgIpc) is 2.12. The van der Waals surface area contributed by atoms with Gasteiger partial charge in [0.25, 0.3) is 0 Å². The Morgan fingerprint density at radius 1 is 1.22 bits per heavy atom. The van der Waals surface area contributed by atoms with Crippen LogP contribution in [0.5, 0.6) is 0 Å². The Morgan fingerprint density at radius 2 is 1.83 bits per heavy atom. The lowest BCUT2D eigenvalue weighted by molar-refractivity contribution is 0.0632. The van der Waals surface area contributed by atoms with Gasteiger partial charge in [0.1, 0.15) is 5.60 Å². The van der Waals surface area contributed by atoms with Gasteiger partial charge in [-0.3, -0.25) is 5.32 Å². The summed E-state index contributed by atoms with van der Waals surface area (Å²) in [7, 11) is 0. The first-order chi connectivity index (χ1) is 8.17. The van der Waals surface area contributed by atoms with Crippen LogP contribution in [0.2, 0.25) is 0 Å². The van der Waals surface area contributed by atoms with Crippen molar-refractivity contribution in [2.24, 2.45) is 0 Å². The molecule has 0 aliphatic carbocycles. The molecule has 0 aliphatic rings. The fourth-order valence-corrected chi connectivity index (χ4v) is 1.40. The number of carboxylic acid groups (broad SMARTS) is 1. The summed E-state index contributed by atoms with van der Waals surface area (Å²) in [4.78, 5) is 22.4. The third-order valence-electron chi connectivity index (χ3n) is 1.97. The quantitative estimate of drug-likeness (QED) is 0.847. The Hall–Kier alpha value is -2.04. The minimum absolute atomic E-state index is 0.126. The Morgan fingerprint density at radius 3 is 2.33 bits per heavy atom. The average molecular weight is 251 g/mol. The molecule has 0 heterocycles. The molecule has 0 spiro atoms. The highest BCUT2D eigenvalue weighted by Crippen LogP contribution is 2.16. The third-order valence-corrected chi connectivity index (χ3v) is 1.97. The second-order valence-electron chi connectivity index (χ2n) is 5.02. The van der Waals surface area contributed by atoms with Crippen LogP contribution < -0.4 is 5.32 Å². The highest BCUT2D eigenvalue weighted by molar-refractivity contribution is 5.91. The van der Waals surface area contributed by atoms with E-state index in [1.807, 2.05) is 0 Å². The van der Waals surface area contributed by atoms with Gasteiger partial charge in [0.2, 0.25) is 0 Å². The van der Waals surface area contributed by atoms with Crippen molar-refractivity contribution in [3.63, 3.8) is 0 Å². The molecule has 2 N–H and O–H groups in total. The van der Waals surface area contributed by atoms with Crippen LogP contribution in [0.15, 0.2) is 18.2 Å². The number of rotatable bonds is 2. The van der Waals surface area contributed by atoms with Crippen LogP contribution in [-0.4, -0.2) is 22.8 Å². The van der Waals surface area contributed by atoms with Crippen molar-refractivity contribution < 1.29 is 19.4 Å². The molecule has 0 saturated heterocycles. The Labute approximate surface area is 106 Å². The maximum absolute atomic E-state index is 11.5. The maximum atomic E-state index is 11.5. The molecular formula is C13H17NO4. The van der Waals surface area contributed by atoms with Crippen LogP contribution in [0, 0.1) is 6.92 Å². The van der Waals surface area contributed by atoms with Gasteiger partial charge in [0.15, 0.2) is 0 Å². The van der Waals surface area contributed by atoms with Crippen molar-refractivity contribution in [1.82, 2.24) is 0 Å². The number of aryl methyl sites for hydroxylation is 1. The van der Waals surface area contributed by atoms with E-state index in [9.17, 15) is 9.59 Å². The first-order valence-corrected chi connectivity index (χ1v) is 5.52. The van der Waals surface area contributed by atoms with Gasteiger partial charge in [-0.15, -0.1) is 0 Å². The molecule has 0 unspecified atom stereocenters. The van der Waals surface area contributed by atoms with Crippen LogP contribution in [0.4, 0.5) is 10.5 Å². The van der Waals surface area contributed by atoms with E-state index in [-0.39, 0.29) is 5.56 Å². The second kappa shape index (κ2) is 5.08. The lowest BCUT2D eigenvalue weighted by atomic mass is 10.1. The molecule has 18 heavy (non-hydrogen) atoms. The van der Waals surface area contributed by atoms with Crippen LogP contribution in [-0.2, 0) is 4.74 Å². The predicted octanol–water partition coefficient (Wildman–Crippen LogP) is 3.04. The zero-order valence-corrected chi connectivity index (χ0v) is 10.9. The molecule has 0 aliphatic heterocycles. The summed E-state index contributed by atoms with van der Waals surface area (Å²) in [5.41, 5.74) is 0.687. The van der Waals surface area contributed by atoms with Crippen molar-refractivity contribution in [3.8, 4) is 0 Å². The molecule has 1 rings (SSSR count). The maximum Gasteiger partial charge on any atom is 0.412 e. The molecule has 0 bridgehead atoms. The number of carbonyl (C=O) groups excluding carboxylic acids is 1. The zero-order valence-electron chi connectivity index (χ0n) is 10.9. The van der Waals surface area contributed by atoms with Gasteiger partial charge in [0.05, 0.1) is 5.56 Å². The van der Waals surface area contributed by atoms with E-state index in [4.69, 9.17) is 9.84 Å². The SMILES string of the molecule is Cc1cc(NC(=O)OC(C)(C)C)cc(C(=O)O)c1. The van der Waals surface area contributed by atoms with E-state index < -0.39 is 17.7 Å². The Bertz CT molecular complexity index is 474. The van der Waals surface area contributed by atoms with Crippen molar-refractivity contribution >= 4 is 17.7 Å². The number of aromatic carboxylic acids is 1. The minimum atomic E-state index is -1.04. The van der Waals surface area contributed by atoms with Crippen molar-refractivity contribution in [2.75, 3.05) is 5.32 Å². The Balaban J connectivity index is 2.85. The van der Waals surface area contributed by atoms with Crippen molar-refractivity contribution in [1.29, 1.82) is 0 Å². The molecule has 0 aromatic heterocycles. The standard InChI is InChI=1S/C13H17NO4/c1-8-5-9(11(15)16)7-10(6-8)14-12(17)18-13(2,3)4/h5-7H,1-4H3,(H,14,17)(H,15,16). The van der Waals surface area contributed by atoms with Crippen LogP contribution in [0.1, 0.15) is 36.7 Å². The molecule has 5 heteroatoms. The molecule has 0 atom stereocenters. The Kier molecular flexibility index (Phi) is 3.96. The summed E-state index contributed by atoms with van der Waals surface area (Å²) in [5, 5.41) is 11.4. The number of anilines is 1. The highest BCUT2D eigenvalue weighted by Gasteiger charge is 2.16. The van der Waals surface area contributed by atoms with E-state index in [2.05, 4.69) is 5.32 Å². The fraction of sp³-hybridized carbons (Fsp3) is 0.385. The molecule has 98 valence electrons. The molecule has 5 nitrogen and oxygen atoms in total. The van der Waals surface area contributed by atoms with E-state index in [1.165, 1.54) is 12.1 Å². The monoisotopic (exact) mass is 251 g/mol. The first kappa shape index (κ1) is 14.0. The van der Waals surface area contributed by atoms with E-state index in [1.54, 1.807) is 33.8 Å². The smallest absolute Gasteiger partial charge is 0.412 e. The number of amides is 1. The van der Waals surface area contributed by atoms with Crippen LogP contribution in [0.25, 0.3) is 0 Å². The molecule has 1 amide bonds. The topological polar surface area (TPSA) is 75.6 Å². The molecule has 0 saturated carbocycles. The van der Waals surface area contributed by atoms with Crippen LogP contribution >= 0.6 is 0 Å². The lowest BCUT2D eigenvalue weighted by Crippen LogP contribution is -2.27. The summed E-state index contributed by atoms with van der Waals surface area (Å²) in [6, 6.07) is 4.60. The number of hydrogen-bond acceptors (Lipinski definition) is 3. The number of carbonyl (C=O) groups is 2. The van der Waals surface area contributed by atoms with E-state index in [0.717, 1.165) is 5.56 Å². The zero-order chi connectivity index (χ0) is 13.9. The van der Waals surface area contributed by atoms with Gasteiger partial charge >= 0.3 is 12.1 Å². The summed E-state index contributed by atoms with van der Waals surface area (Å²) in [5.74, 6) is -1.04. The second-order valence-corrected chi connectivity index (χ2v) is 5.02. The summed E-state index contributed by atoms with van der Waals surface area (Å²) >= 11 is 0. The van der Waals surface area contributed by atoms with Gasteiger partial charge in [-0.05, 0) is 51.5 Å². The molecular weight excluding hydrogens is 234 g/mol. The largest absolute Gasteiger partial charge is 0.478 e. The minimum Gasteiger partial charge on any atom is -0.478 e. The molecule has 0 radical (unpaired) electrons. The van der Waals surface area contributed by atoms with Gasteiger partial charge in [-0.1, -0.05) is 0 Å². The van der Waals surface area contributed by atoms with Crippen molar-refractivity contribution in [3.05, 3.63) is 29.3 Å². The van der Waals surface area contributed by atoms with Gasteiger partial charge < -0.3 is 9.84 Å². The predicted molar refractivity (Wildman–Crippen MR) is 68.0 cm³/mol. The number of ether oxygens (including phenoxy) is 1. The number of hydrogen-bond donors (Lipinski definition) is 2. The summed E-state index contributed by atoms with van der Waals surface area (Å²) in [6.07, 6.45) is -0.607. The lowest BCUT2D eigenvalue weighted by Gasteiger charge is -2.19. The number of nitrogens with one attached hydrogen (secondary N) is 1. The van der Waals surface area contributed by atoms with Gasteiger partial charge in [-0.25, -0.2) is 9.59 Å². The summed E-state index contributed by atoms with van der Waals surface area (Å²) < 4.78 is 5.08. The first-order valence-electron chi connectivity index (χ1n) is 5.52.